The number of rotatable bonds is 6. The molecule has 1 saturated carbocycles. The van der Waals surface area contributed by atoms with Gasteiger partial charge in [-0.2, -0.15) is 0 Å². The zero-order valence-corrected chi connectivity index (χ0v) is 16.2. The van der Waals surface area contributed by atoms with Gasteiger partial charge in [-0.3, -0.25) is 14.4 Å². The SMILES string of the molecule is COC(=O)C(C(=O)OC)[C@@H]1CC(=O)O[C@H]1O[C@@H]1C[C@H](C)CC[C@H]1C(C)C. The first-order valence-electron chi connectivity index (χ1n) is 9.29. The molecule has 2 rings (SSSR count). The molecule has 2 fully saturated rings. The first-order chi connectivity index (χ1) is 12.3. The summed E-state index contributed by atoms with van der Waals surface area (Å²) >= 11 is 0. The summed E-state index contributed by atoms with van der Waals surface area (Å²) in [6.07, 6.45) is 1.96. The zero-order valence-electron chi connectivity index (χ0n) is 16.2. The molecule has 2 aliphatic rings. The van der Waals surface area contributed by atoms with E-state index in [0.717, 1.165) is 19.3 Å². The van der Waals surface area contributed by atoms with Crippen LogP contribution in [0.3, 0.4) is 0 Å². The Bertz CT molecular complexity index is 514. The lowest BCUT2D eigenvalue weighted by Gasteiger charge is -2.39. The molecule has 0 spiro atoms. The molecular formula is C19H30O7. The summed E-state index contributed by atoms with van der Waals surface area (Å²) in [6, 6.07) is 0. The Kier molecular flexibility index (Phi) is 7.03. The van der Waals surface area contributed by atoms with Crippen molar-refractivity contribution in [1.29, 1.82) is 0 Å². The molecule has 0 N–H and O–H groups in total. The molecule has 0 aromatic rings. The Morgan fingerprint density at radius 3 is 2.23 bits per heavy atom. The van der Waals surface area contributed by atoms with Crippen molar-refractivity contribution in [2.45, 2.75) is 58.8 Å². The van der Waals surface area contributed by atoms with Crippen LogP contribution in [0, 0.1) is 29.6 Å². The van der Waals surface area contributed by atoms with Crippen molar-refractivity contribution in [3.8, 4) is 0 Å². The maximum Gasteiger partial charge on any atom is 0.320 e. The lowest BCUT2D eigenvalue weighted by Crippen LogP contribution is -2.42. The van der Waals surface area contributed by atoms with Crippen LogP contribution in [-0.4, -0.2) is 44.5 Å². The summed E-state index contributed by atoms with van der Waals surface area (Å²) in [5.41, 5.74) is 0. The van der Waals surface area contributed by atoms with Crippen LogP contribution >= 0.6 is 0 Å². The Balaban J connectivity index is 2.20. The van der Waals surface area contributed by atoms with Crippen LogP contribution in [0.4, 0.5) is 0 Å². The molecule has 1 aliphatic heterocycles. The minimum Gasteiger partial charge on any atom is -0.468 e. The van der Waals surface area contributed by atoms with Crippen molar-refractivity contribution in [1.82, 2.24) is 0 Å². The van der Waals surface area contributed by atoms with Gasteiger partial charge in [0, 0.05) is 0 Å². The van der Waals surface area contributed by atoms with Crippen LogP contribution in [0.5, 0.6) is 0 Å². The molecule has 7 nitrogen and oxygen atoms in total. The Morgan fingerprint density at radius 1 is 1.08 bits per heavy atom. The molecule has 0 aromatic heterocycles. The van der Waals surface area contributed by atoms with E-state index in [1.807, 2.05) is 0 Å². The number of carbonyl (C=O) groups excluding carboxylic acids is 3. The van der Waals surface area contributed by atoms with Gasteiger partial charge < -0.3 is 18.9 Å². The van der Waals surface area contributed by atoms with Gasteiger partial charge in [0.05, 0.1) is 32.7 Å². The fourth-order valence-corrected chi connectivity index (χ4v) is 4.10. The van der Waals surface area contributed by atoms with Crippen molar-refractivity contribution < 1.29 is 33.3 Å². The number of hydrogen-bond donors (Lipinski definition) is 0. The van der Waals surface area contributed by atoms with Crippen LogP contribution in [0.2, 0.25) is 0 Å². The van der Waals surface area contributed by atoms with Crippen LogP contribution in [0.15, 0.2) is 0 Å². The van der Waals surface area contributed by atoms with Crippen molar-refractivity contribution in [2.75, 3.05) is 14.2 Å². The predicted octanol–water partition coefficient (Wildman–Crippen LogP) is 2.32. The summed E-state index contributed by atoms with van der Waals surface area (Å²) < 4.78 is 21.0. The van der Waals surface area contributed by atoms with E-state index in [9.17, 15) is 14.4 Å². The molecule has 1 heterocycles. The van der Waals surface area contributed by atoms with Crippen molar-refractivity contribution in [3.63, 3.8) is 0 Å². The van der Waals surface area contributed by atoms with Gasteiger partial charge >= 0.3 is 17.9 Å². The lowest BCUT2D eigenvalue weighted by atomic mass is 9.75. The second-order valence-electron chi connectivity index (χ2n) is 7.75. The standard InChI is InChI=1S/C19H30O7/c1-10(2)12-7-6-11(3)8-14(12)25-19-13(9-15(20)26-19)16(17(21)23-4)18(22)24-5/h10-14,16,19H,6-9H2,1-5H3/t11-,12+,13+,14-,19-/m1/s1. The molecule has 1 saturated heterocycles. The first kappa shape index (κ1) is 20.7. The number of cyclic esters (lactones) is 1. The number of methoxy groups -OCH3 is 2. The molecule has 26 heavy (non-hydrogen) atoms. The van der Waals surface area contributed by atoms with Crippen molar-refractivity contribution >= 4 is 17.9 Å². The van der Waals surface area contributed by atoms with E-state index in [1.165, 1.54) is 14.2 Å². The highest BCUT2D eigenvalue weighted by Gasteiger charge is 2.50. The first-order valence-corrected chi connectivity index (χ1v) is 9.29. The summed E-state index contributed by atoms with van der Waals surface area (Å²) in [7, 11) is 2.40. The monoisotopic (exact) mass is 370 g/mol. The molecule has 0 radical (unpaired) electrons. The molecule has 7 heteroatoms. The Hall–Kier alpha value is -1.63. The second kappa shape index (κ2) is 8.84. The molecule has 148 valence electrons. The summed E-state index contributed by atoms with van der Waals surface area (Å²) in [4.78, 5) is 36.2. The zero-order chi connectivity index (χ0) is 19.4. The van der Waals surface area contributed by atoms with Gasteiger partial charge in [0.25, 0.3) is 0 Å². The van der Waals surface area contributed by atoms with Gasteiger partial charge in [-0.25, -0.2) is 0 Å². The van der Waals surface area contributed by atoms with E-state index in [1.54, 1.807) is 0 Å². The Morgan fingerprint density at radius 2 is 1.69 bits per heavy atom. The number of hydrogen-bond acceptors (Lipinski definition) is 7. The van der Waals surface area contributed by atoms with Gasteiger partial charge in [0.1, 0.15) is 0 Å². The minimum atomic E-state index is -1.24. The lowest BCUT2D eigenvalue weighted by molar-refractivity contribution is -0.205. The van der Waals surface area contributed by atoms with E-state index in [2.05, 4.69) is 20.8 Å². The van der Waals surface area contributed by atoms with Gasteiger partial charge in [0.2, 0.25) is 6.29 Å². The van der Waals surface area contributed by atoms with E-state index < -0.39 is 36.0 Å². The van der Waals surface area contributed by atoms with Crippen LogP contribution in [0.1, 0.15) is 46.5 Å². The number of ether oxygens (including phenoxy) is 4. The van der Waals surface area contributed by atoms with Gasteiger partial charge in [-0.05, 0) is 30.6 Å². The van der Waals surface area contributed by atoms with E-state index >= 15 is 0 Å². The van der Waals surface area contributed by atoms with Crippen LogP contribution in [-0.2, 0) is 33.3 Å². The molecule has 0 bridgehead atoms. The predicted molar refractivity (Wildman–Crippen MR) is 91.7 cm³/mol. The Labute approximate surface area is 154 Å². The molecule has 0 amide bonds. The highest BCUT2D eigenvalue weighted by molar-refractivity contribution is 5.96. The average molecular weight is 370 g/mol. The fourth-order valence-electron chi connectivity index (χ4n) is 4.10. The van der Waals surface area contributed by atoms with Gasteiger partial charge in [0.15, 0.2) is 5.92 Å². The molecule has 0 unspecified atom stereocenters. The summed E-state index contributed by atoms with van der Waals surface area (Å²) in [5, 5.41) is 0. The average Bonchev–Trinajstić information content (AvgIpc) is 2.94. The summed E-state index contributed by atoms with van der Waals surface area (Å²) in [5.74, 6) is -2.66. The quantitative estimate of drug-likeness (QED) is 0.403. The highest BCUT2D eigenvalue weighted by Crippen LogP contribution is 2.39. The summed E-state index contributed by atoms with van der Waals surface area (Å²) in [6.45, 7) is 6.48. The maximum atomic E-state index is 12.1. The van der Waals surface area contributed by atoms with Gasteiger partial charge in [-0.15, -0.1) is 0 Å². The molecule has 1 aliphatic carbocycles. The second-order valence-corrected chi connectivity index (χ2v) is 7.75. The molecular weight excluding hydrogens is 340 g/mol. The van der Waals surface area contributed by atoms with Crippen molar-refractivity contribution in [2.24, 2.45) is 29.6 Å². The van der Waals surface area contributed by atoms with Crippen LogP contribution < -0.4 is 0 Å². The third-order valence-electron chi connectivity index (χ3n) is 5.61. The third-order valence-corrected chi connectivity index (χ3v) is 5.61. The van der Waals surface area contributed by atoms with Gasteiger partial charge in [-0.1, -0.05) is 27.2 Å². The highest BCUT2D eigenvalue weighted by atomic mass is 16.7. The topological polar surface area (TPSA) is 88.1 Å². The minimum absolute atomic E-state index is 0.0752. The molecule has 0 aromatic carbocycles. The smallest absolute Gasteiger partial charge is 0.320 e. The number of carbonyl (C=O) groups is 3. The number of esters is 3. The molecule has 5 atom stereocenters. The largest absolute Gasteiger partial charge is 0.468 e. The van der Waals surface area contributed by atoms with E-state index in [0.29, 0.717) is 17.8 Å². The normalized spacial score (nSPS) is 31.8. The van der Waals surface area contributed by atoms with E-state index in [4.69, 9.17) is 18.9 Å². The third kappa shape index (κ3) is 4.55. The van der Waals surface area contributed by atoms with Crippen molar-refractivity contribution in [3.05, 3.63) is 0 Å². The maximum absolute atomic E-state index is 12.1. The fraction of sp³-hybridized carbons (Fsp3) is 0.842. The van der Waals surface area contributed by atoms with Crippen LogP contribution in [0.25, 0.3) is 0 Å². The van der Waals surface area contributed by atoms with E-state index in [-0.39, 0.29) is 12.5 Å².